The minimum Gasteiger partial charge on any atom is -0.382 e. The van der Waals surface area contributed by atoms with E-state index in [1.54, 1.807) is 0 Å². The molecule has 0 bridgehead atoms. The number of halogens is 2. The number of anilines is 1. The van der Waals surface area contributed by atoms with E-state index in [4.69, 9.17) is 16.3 Å². The van der Waals surface area contributed by atoms with Crippen molar-refractivity contribution in [2.45, 2.75) is 18.9 Å². The predicted molar refractivity (Wildman–Crippen MR) is 66.6 cm³/mol. The van der Waals surface area contributed by atoms with E-state index in [9.17, 15) is 0 Å². The molecule has 15 heavy (non-hydrogen) atoms. The molecule has 1 atom stereocenters. The van der Waals surface area contributed by atoms with Crippen LogP contribution < -0.4 is 5.32 Å². The lowest BCUT2D eigenvalue weighted by Gasteiger charge is -2.13. The van der Waals surface area contributed by atoms with Crippen LogP contribution in [0.25, 0.3) is 0 Å². The fourth-order valence-electron chi connectivity index (χ4n) is 1.66. The van der Waals surface area contributed by atoms with Crippen LogP contribution in [-0.2, 0) is 4.74 Å². The van der Waals surface area contributed by atoms with Crippen molar-refractivity contribution in [2.24, 2.45) is 0 Å². The minimum absolute atomic E-state index is 0.354. The summed E-state index contributed by atoms with van der Waals surface area (Å²) in [6.07, 6.45) is 2.68. The number of rotatable bonds is 3. The predicted octanol–water partition coefficient (Wildman–Crippen LogP) is 3.69. The van der Waals surface area contributed by atoms with Crippen LogP contribution >= 0.6 is 27.5 Å². The molecule has 0 amide bonds. The molecule has 1 saturated heterocycles. The molecule has 1 aromatic carbocycles. The van der Waals surface area contributed by atoms with Crippen LogP contribution in [0, 0.1) is 0 Å². The Labute approximate surface area is 103 Å². The zero-order valence-corrected chi connectivity index (χ0v) is 10.6. The fraction of sp³-hybridized carbons (Fsp3) is 0.455. The smallest absolute Gasteiger partial charge is 0.0748 e. The summed E-state index contributed by atoms with van der Waals surface area (Å²) >= 11 is 9.33. The van der Waals surface area contributed by atoms with Gasteiger partial charge in [0.2, 0.25) is 0 Å². The van der Waals surface area contributed by atoms with Gasteiger partial charge in [-0.3, -0.25) is 0 Å². The molecule has 2 rings (SSSR count). The Morgan fingerprint density at radius 2 is 2.40 bits per heavy atom. The molecule has 1 N–H and O–H groups in total. The third-order valence-electron chi connectivity index (χ3n) is 2.48. The molecule has 0 saturated carbocycles. The van der Waals surface area contributed by atoms with E-state index < -0.39 is 0 Å². The maximum absolute atomic E-state index is 5.86. The van der Waals surface area contributed by atoms with Gasteiger partial charge in [0.1, 0.15) is 0 Å². The SMILES string of the molecule is Clc1ccc(NCC2CCCO2)c(Br)c1. The van der Waals surface area contributed by atoms with Gasteiger partial charge in [0.25, 0.3) is 0 Å². The molecular weight excluding hydrogens is 277 g/mol. The van der Waals surface area contributed by atoms with Crippen LogP contribution in [0.4, 0.5) is 5.69 Å². The lowest BCUT2D eigenvalue weighted by Crippen LogP contribution is -2.18. The van der Waals surface area contributed by atoms with Gasteiger partial charge < -0.3 is 10.1 Å². The van der Waals surface area contributed by atoms with E-state index in [0.717, 1.165) is 34.8 Å². The van der Waals surface area contributed by atoms with Crippen LogP contribution in [-0.4, -0.2) is 19.3 Å². The van der Waals surface area contributed by atoms with E-state index in [-0.39, 0.29) is 0 Å². The van der Waals surface area contributed by atoms with Gasteiger partial charge in [-0.25, -0.2) is 0 Å². The number of hydrogen-bond donors (Lipinski definition) is 1. The van der Waals surface area contributed by atoms with Crippen LogP contribution in [0.2, 0.25) is 5.02 Å². The van der Waals surface area contributed by atoms with Gasteiger partial charge in [0.05, 0.1) is 6.10 Å². The summed E-state index contributed by atoms with van der Waals surface area (Å²) in [6, 6.07) is 5.74. The topological polar surface area (TPSA) is 21.3 Å². The Morgan fingerprint density at radius 1 is 1.53 bits per heavy atom. The normalized spacial score (nSPS) is 20.5. The number of benzene rings is 1. The summed E-state index contributed by atoms with van der Waals surface area (Å²) in [5.74, 6) is 0. The molecule has 0 aromatic heterocycles. The van der Waals surface area contributed by atoms with E-state index in [0.29, 0.717) is 6.10 Å². The number of ether oxygens (including phenoxy) is 1. The van der Waals surface area contributed by atoms with Gasteiger partial charge in [-0.15, -0.1) is 0 Å². The monoisotopic (exact) mass is 289 g/mol. The first kappa shape index (κ1) is 11.2. The highest BCUT2D eigenvalue weighted by atomic mass is 79.9. The van der Waals surface area contributed by atoms with Crippen molar-refractivity contribution in [3.05, 3.63) is 27.7 Å². The summed E-state index contributed by atoms with van der Waals surface area (Å²) in [5, 5.41) is 4.09. The molecule has 1 unspecified atom stereocenters. The van der Waals surface area contributed by atoms with Gasteiger partial charge in [-0.2, -0.15) is 0 Å². The van der Waals surface area contributed by atoms with Gasteiger partial charge >= 0.3 is 0 Å². The highest BCUT2D eigenvalue weighted by Gasteiger charge is 2.15. The van der Waals surface area contributed by atoms with Crippen molar-refractivity contribution in [1.82, 2.24) is 0 Å². The summed E-state index contributed by atoms with van der Waals surface area (Å²) in [7, 11) is 0. The van der Waals surface area contributed by atoms with E-state index in [1.165, 1.54) is 6.42 Å². The van der Waals surface area contributed by atoms with Gasteiger partial charge in [0.15, 0.2) is 0 Å². The molecule has 2 nitrogen and oxygen atoms in total. The average Bonchev–Trinajstić information content (AvgIpc) is 2.69. The molecule has 1 fully saturated rings. The number of nitrogens with one attached hydrogen (secondary N) is 1. The molecule has 4 heteroatoms. The number of hydrogen-bond acceptors (Lipinski definition) is 2. The van der Waals surface area contributed by atoms with Crippen molar-refractivity contribution in [3.8, 4) is 0 Å². The van der Waals surface area contributed by atoms with Crippen molar-refractivity contribution >= 4 is 33.2 Å². The average molecular weight is 291 g/mol. The summed E-state index contributed by atoms with van der Waals surface area (Å²) in [5.41, 5.74) is 1.06. The quantitative estimate of drug-likeness (QED) is 0.916. The first-order valence-electron chi connectivity index (χ1n) is 5.06. The maximum Gasteiger partial charge on any atom is 0.0748 e. The van der Waals surface area contributed by atoms with Gasteiger partial charge in [-0.05, 0) is 47.0 Å². The molecule has 82 valence electrons. The Morgan fingerprint density at radius 3 is 3.07 bits per heavy atom. The standard InChI is InChI=1S/C11H13BrClNO/c12-10-6-8(13)3-4-11(10)14-7-9-2-1-5-15-9/h3-4,6,9,14H,1-2,5,7H2. The molecule has 1 heterocycles. The maximum atomic E-state index is 5.86. The molecular formula is C11H13BrClNO. The summed E-state index contributed by atoms with van der Waals surface area (Å²) in [6.45, 7) is 1.76. The molecule has 0 aliphatic carbocycles. The minimum atomic E-state index is 0.354. The third-order valence-corrected chi connectivity index (χ3v) is 3.37. The molecule has 0 spiro atoms. The van der Waals surface area contributed by atoms with Crippen molar-refractivity contribution in [3.63, 3.8) is 0 Å². The van der Waals surface area contributed by atoms with Crippen LogP contribution in [0.3, 0.4) is 0 Å². The van der Waals surface area contributed by atoms with Crippen molar-refractivity contribution in [1.29, 1.82) is 0 Å². The van der Waals surface area contributed by atoms with Crippen LogP contribution in [0.15, 0.2) is 22.7 Å². The van der Waals surface area contributed by atoms with E-state index in [1.807, 2.05) is 18.2 Å². The third kappa shape index (κ3) is 3.10. The molecule has 0 radical (unpaired) electrons. The zero-order chi connectivity index (χ0) is 10.7. The highest BCUT2D eigenvalue weighted by molar-refractivity contribution is 9.10. The first-order valence-corrected chi connectivity index (χ1v) is 6.23. The van der Waals surface area contributed by atoms with Gasteiger partial charge in [0, 0.05) is 28.3 Å². The first-order chi connectivity index (χ1) is 7.25. The Balaban J connectivity index is 1.92. The highest BCUT2D eigenvalue weighted by Crippen LogP contribution is 2.26. The Kier molecular flexibility index (Phi) is 3.89. The summed E-state index contributed by atoms with van der Waals surface area (Å²) in [4.78, 5) is 0. The Hall–Kier alpha value is -0.250. The second-order valence-electron chi connectivity index (χ2n) is 3.64. The lowest BCUT2D eigenvalue weighted by atomic mass is 10.2. The van der Waals surface area contributed by atoms with E-state index >= 15 is 0 Å². The van der Waals surface area contributed by atoms with Crippen molar-refractivity contribution < 1.29 is 4.74 Å². The fourth-order valence-corrected chi connectivity index (χ4v) is 2.48. The lowest BCUT2D eigenvalue weighted by molar-refractivity contribution is 0.120. The second-order valence-corrected chi connectivity index (χ2v) is 4.93. The molecule has 1 aliphatic heterocycles. The van der Waals surface area contributed by atoms with Crippen LogP contribution in [0.1, 0.15) is 12.8 Å². The van der Waals surface area contributed by atoms with E-state index in [2.05, 4.69) is 21.2 Å². The largest absolute Gasteiger partial charge is 0.382 e. The van der Waals surface area contributed by atoms with Crippen molar-refractivity contribution in [2.75, 3.05) is 18.5 Å². The zero-order valence-electron chi connectivity index (χ0n) is 8.30. The molecule has 1 aliphatic rings. The van der Waals surface area contributed by atoms with Gasteiger partial charge in [-0.1, -0.05) is 11.6 Å². The molecule has 1 aromatic rings. The second kappa shape index (κ2) is 5.19. The summed E-state index contributed by atoms with van der Waals surface area (Å²) < 4.78 is 6.53. The Bertz CT molecular complexity index is 339. The van der Waals surface area contributed by atoms with Crippen LogP contribution in [0.5, 0.6) is 0 Å².